The summed E-state index contributed by atoms with van der Waals surface area (Å²) in [5, 5.41) is 1.34. The molecule has 0 atom stereocenters. The van der Waals surface area contributed by atoms with E-state index in [4.69, 9.17) is 4.42 Å². The average Bonchev–Trinajstić information content (AvgIpc) is 3.36. The second-order valence-electron chi connectivity index (χ2n) is 6.72. The second-order valence-corrected chi connectivity index (χ2v) is 7.72. The number of carbonyl (C=O) groups is 1. The Morgan fingerprint density at radius 2 is 1.87 bits per heavy atom. The van der Waals surface area contributed by atoms with Gasteiger partial charge in [-0.15, -0.1) is 12.4 Å². The van der Waals surface area contributed by atoms with Crippen LogP contribution < -0.4 is 4.90 Å². The van der Waals surface area contributed by atoms with E-state index in [0.29, 0.717) is 28.5 Å². The minimum atomic E-state index is -0.384. The maximum absolute atomic E-state index is 14.2. The van der Waals surface area contributed by atoms with Crippen molar-refractivity contribution in [3.8, 4) is 0 Å². The molecule has 4 aromatic rings. The summed E-state index contributed by atoms with van der Waals surface area (Å²) >= 11 is 1.31. The van der Waals surface area contributed by atoms with Gasteiger partial charge >= 0.3 is 0 Å². The number of likely N-dealkylation sites (N-methyl/N-ethyl adjacent to an activating group) is 1. The van der Waals surface area contributed by atoms with Crippen molar-refractivity contribution < 1.29 is 13.6 Å². The number of halogens is 2. The number of thiazole rings is 1. The third kappa shape index (κ3) is 4.33. The van der Waals surface area contributed by atoms with E-state index in [-0.39, 0.29) is 35.4 Å². The van der Waals surface area contributed by atoms with E-state index in [1.165, 1.54) is 17.4 Å². The molecule has 2 heterocycles. The number of nitrogens with zero attached hydrogens (tertiary/aromatic N) is 3. The summed E-state index contributed by atoms with van der Waals surface area (Å²) in [4.78, 5) is 21.6. The van der Waals surface area contributed by atoms with Gasteiger partial charge in [0.1, 0.15) is 16.9 Å². The maximum atomic E-state index is 14.2. The molecule has 0 saturated heterocycles. The number of fused-ring (bicyclic) bond motifs is 2. The Kier molecular flexibility index (Phi) is 7.07. The van der Waals surface area contributed by atoms with Crippen molar-refractivity contribution in [2.24, 2.45) is 0 Å². The van der Waals surface area contributed by atoms with Gasteiger partial charge in [0.25, 0.3) is 5.91 Å². The molecule has 0 spiro atoms. The number of furan rings is 1. The molecule has 0 aliphatic rings. The predicted molar refractivity (Wildman–Crippen MR) is 123 cm³/mol. The molecule has 0 unspecified atom stereocenters. The van der Waals surface area contributed by atoms with Crippen molar-refractivity contribution in [2.75, 3.05) is 31.1 Å². The molecule has 1 amide bonds. The van der Waals surface area contributed by atoms with E-state index >= 15 is 0 Å². The monoisotopic (exact) mass is 447 g/mol. The first-order valence-electron chi connectivity index (χ1n) is 9.68. The smallest absolute Gasteiger partial charge is 0.295 e. The molecule has 0 N–H and O–H groups in total. The van der Waals surface area contributed by atoms with Crippen LogP contribution >= 0.6 is 23.7 Å². The lowest BCUT2D eigenvalue weighted by atomic mass is 10.2. The lowest BCUT2D eigenvalue weighted by Gasteiger charge is -2.24. The van der Waals surface area contributed by atoms with Crippen LogP contribution in [0.5, 0.6) is 0 Å². The number of hydrogen-bond donors (Lipinski definition) is 0. The number of amides is 1. The molecular formula is C22H23ClFN3O2S. The molecule has 30 heavy (non-hydrogen) atoms. The number of hydrogen-bond acceptors (Lipinski definition) is 5. The number of carbonyl (C=O) groups excluding carboxylic acids is 1. The van der Waals surface area contributed by atoms with E-state index < -0.39 is 0 Å². The highest BCUT2D eigenvalue weighted by Gasteiger charge is 2.25. The van der Waals surface area contributed by atoms with Gasteiger partial charge in [0.05, 0.1) is 4.70 Å². The summed E-state index contributed by atoms with van der Waals surface area (Å²) in [7, 11) is 0. The van der Waals surface area contributed by atoms with Crippen molar-refractivity contribution >= 4 is 56.0 Å². The summed E-state index contributed by atoms with van der Waals surface area (Å²) < 4.78 is 20.7. The molecule has 2 aromatic heterocycles. The third-order valence-corrected chi connectivity index (χ3v) is 6.05. The van der Waals surface area contributed by atoms with E-state index in [0.717, 1.165) is 18.5 Å². The van der Waals surface area contributed by atoms with E-state index in [1.54, 1.807) is 17.0 Å². The number of benzene rings is 2. The van der Waals surface area contributed by atoms with Crippen molar-refractivity contribution in [3.63, 3.8) is 0 Å². The van der Waals surface area contributed by atoms with Crippen molar-refractivity contribution in [1.82, 2.24) is 9.88 Å². The first kappa shape index (κ1) is 22.2. The second kappa shape index (κ2) is 9.55. The van der Waals surface area contributed by atoms with Crippen LogP contribution in [0.1, 0.15) is 24.4 Å². The first-order chi connectivity index (χ1) is 14.1. The van der Waals surface area contributed by atoms with Gasteiger partial charge in [-0.1, -0.05) is 49.4 Å². The van der Waals surface area contributed by atoms with Crippen molar-refractivity contribution in [3.05, 3.63) is 60.1 Å². The first-order valence-corrected chi connectivity index (χ1v) is 10.5. The maximum Gasteiger partial charge on any atom is 0.295 e. The minimum absolute atomic E-state index is 0. The van der Waals surface area contributed by atoms with Crippen LogP contribution in [-0.4, -0.2) is 42.0 Å². The molecule has 0 aliphatic heterocycles. The van der Waals surface area contributed by atoms with Gasteiger partial charge < -0.3 is 9.32 Å². The molecule has 0 aliphatic carbocycles. The van der Waals surface area contributed by atoms with Crippen LogP contribution in [0.4, 0.5) is 9.52 Å². The van der Waals surface area contributed by atoms with Crippen LogP contribution in [0.3, 0.4) is 0 Å². The highest BCUT2D eigenvalue weighted by Crippen LogP contribution is 2.31. The quantitative estimate of drug-likeness (QED) is 0.370. The third-order valence-electron chi connectivity index (χ3n) is 5.01. The molecule has 2 aromatic carbocycles. The van der Waals surface area contributed by atoms with E-state index in [2.05, 4.69) is 23.7 Å². The molecular weight excluding hydrogens is 425 g/mol. The molecule has 0 fully saturated rings. The van der Waals surface area contributed by atoms with Gasteiger partial charge in [-0.3, -0.25) is 9.69 Å². The standard InChI is InChI=1S/C22H22FN3O2S.ClH/c1-3-25(4-2)12-13-26(22-24-20-16(23)9-7-11-19(20)29-22)21(27)18-14-15-8-5-6-10-17(15)28-18;/h5-11,14H,3-4,12-13H2,1-2H3;1H. The molecule has 0 saturated carbocycles. The fourth-order valence-electron chi connectivity index (χ4n) is 3.30. The Labute approximate surface area is 184 Å². The summed E-state index contributed by atoms with van der Waals surface area (Å²) in [5.41, 5.74) is 0.952. The van der Waals surface area contributed by atoms with Crippen LogP contribution in [0.2, 0.25) is 0 Å². The van der Waals surface area contributed by atoms with Gasteiger partial charge in [-0.05, 0) is 37.4 Å². The Hall–Kier alpha value is -2.48. The molecule has 158 valence electrons. The summed E-state index contributed by atoms with van der Waals surface area (Å²) in [6.07, 6.45) is 0. The minimum Gasteiger partial charge on any atom is -0.451 e. The molecule has 5 nitrogen and oxygen atoms in total. The average molecular weight is 448 g/mol. The summed E-state index contributed by atoms with van der Waals surface area (Å²) in [6, 6.07) is 14.1. The largest absolute Gasteiger partial charge is 0.451 e. The Morgan fingerprint density at radius 3 is 2.57 bits per heavy atom. The number of anilines is 1. The molecule has 4 rings (SSSR count). The highest BCUT2D eigenvalue weighted by atomic mass is 35.5. The van der Waals surface area contributed by atoms with Crippen molar-refractivity contribution in [2.45, 2.75) is 13.8 Å². The molecule has 0 radical (unpaired) electrons. The Morgan fingerprint density at radius 1 is 1.10 bits per heavy atom. The van der Waals surface area contributed by atoms with Gasteiger partial charge in [-0.2, -0.15) is 0 Å². The lowest BCUT2D eigenvalue weighted by molar-refractivity contribution is 0.0959. The lowest BCUT2D eigenvalue weighted by Crippen LogP contribution is -2.38. The van der Waals surface area contributed by atoms with Crippen LogP contribution in [0.15, 0.2) is 52.9 Å². The summed E-state index contributed by atoms with van der Waals surface area (Å²) in [5.74, 6) is -0.400. The fraction of sp³-hybridized carbons (Fsp3) is 0.273. The zero-order chi connectivity index (χ0) is 20.4. The van der Waals surface area contributed by atoms with Crippen molar-refractivity contribution in [1.29, 1.82) is 0 Å². The predicted octanol–water partition coefficient (Wildman–Crippen LogP) is 5.59. The Balaban J connectivity index is 0.00000256. The van der Waals surface area contributed by atoms with Gasteiger partial charge in [0.15, 0.2) is 10.9 Å². The topological polar surface area (TPSA) is 49.6 Å². The van der Waals surface area contributed by atoms with Crippen LogP contribution in [-0.2, 0) is 0 Å². The van der Waals surface area contributed by atoms with Crippen LogP contribution in [0, 0.1) is 5.82 Å². The molecule has 0 bridgehead atoms. The zero-order valence-corrected chi connectivity index (χ0v) is 18.4. The number of para-hydroxylation sites is 2. The molecule has 8 heteroatoms. The number of aromatic nitrogens is 1. The van der Waals surface area contributed by atoms with E-state index in [9.17, 15) is 9.18 Å². The normalized spacial score (nSPS) is 11.2. The summed E-state index contributed by atoms with van der Waals surface area (Å²) in [6.45, 7) is 7.08. The number of rotatable bonds is 7. The fourth-order valence-corrected chi connectivity index (χ4v) is 4.31. The van der Waals surface area contributed by atoms with Crippen LogP contribution in [0.25, 0.3) is 21.2 Å². The van der Waals surface area contributed by atoms with Gasteiger partial charge in [0, 0.05) is 18.5 Å². The van der Waals surface area contributed by atoms with E-state index in [1.807, 2.05) is 30.3 Å². The SMILES string of the molecule is CCN(CC)CCN(C(=O)c1cc2ccccc2o1)c1nc2c(F)cccc2s1.Cl. The zero-order valence-electron chi connectivity index (χ0n) is 16.8. The van der Waals surface area contributed by atoms with Gasteiger partial charge in [0.2, 0.25) is 0 Å². The highest BCUT2D eigenvalue weighted by molar-refractivity contribution is 7.22. The van der Waals surface area contributed by atoms with Gasteiger partial charge in [-0.25, -0.2) is 9.37 Å². The Bertz CT molecular complexity index is 1120.